The number of halogens is 15. The molecule has 65 heavy (non-hydrogen) atoms. The van der Waals surface area contributed by atoms with Gasteiger partial charge in [-0.2, -0.15) is 26.3 Å². The number of nitrogen functional groups attached to an aromatic ring is 1. The maximum atomic E-state index is 15.6. The Bertz CT molecular complexity index is 2280. The first-order valence-corrected chi connectivity index (χ1v) is 21.9. The maximum Gasteiger partial charge on any atom is 0.416 e. The minimum Gasteiger partial charge on any atom is -0.461 e. The van der Waals surface area contributed by atoms with Crippen LogP contribution in [-0.2, 0) is 33.0 Å². The average molecular weight is 1070 g/mol. The minimum absolute atomic E-state index is 0.00791. The van der Waals surface area contributed by atoms with Crippen molar-refractivity contribution in [3.63, 3.8) is 0 Å². The van der Waals surface area contributed by atoms with Crippen molar-refractivity contribution in [2.75, 3.05) is 18.9 Å². The van der Waals surface area contributed by atoms with Crippen molar-refractivity contribution in [2.45, 2.75) is 105 Å². The number of esters is 1. The lowest BCUT2D eigenvalue weighted by Gasteiger charge is -2.22. The van der Waals surface area contributed by atoms with Crippen LogP contribution in [0.25, 0.3) is 22.5 Å². The molecule has 0 unspecified atom stereocenters. The highest BCUT2D eigenvalue weighted by molar-refractivity contribution is 6.68. The summed E-state index contributed by atoms with van der Waals surface area (Å²) in [6, 6.07) is 8.86. The number of carbonyl (C=O) groups excluding carboxylic acids is 2. The highest BCUT2D eigenvalue weighted by Gasteiger charge is 2.33. The van der Waals surface area contributed by atoms with E-state index in [1.165, 1.54) is 24.3 Å². The van der Waals surface area contributed by atoms with Crippen LogP contribution in [0.4, 0.5) is 45.6 Å². The van der Waals surface area contributed by atoms with Gasteiger partial charge >= 0.3 is 23.8 Å². The number of nitrogens with zero attached hydrogens (tertiary/aromatic N) is 2. The van der Waals surface area contributed by atoms with Gasteiger partial charge < -0.3 is 15.2 Å². The molecule has 0 saturated carbocycles. The summed E-state index contributed by atoms with van der Waals surface area (Å²) >= 11 is 37.1. The molecule has 7 nitrogen and oxygen atoms in total. The maximum absolute atomic E-state index is 15.6. The lowest BCUT2D eigenvalue weighted by atomic mass is 9.88. The van der Waals surface area contributed by atoms with E-state index in [-0.39, 0.29) is 64.5 Å². The number of alkyl halides is 12. The van der Waals surface area contributed by atoms with Crippen molar-refractivity contribution in [1.29, 1.82) is 0 Å². The second-order valence-electron chi connectivity index (χ2n) is 15.4. The van der Waals surface area contributed by atoms with E-state index in [9.17, 15) is 40.3 Å². The van der Waals surface area contributed by atoms with Gasteiger partial charge in [0, 0.05) is 34.0 Å². The Kier molecular flexibility index (Phi) is 21.3. The number of nitrogens with two attached hydrogens (primary N) is 1. The Hall–Kier alpha value is -3.05. The Morgan fingerprint density at radius 2 is 1.00 bits per heavy atom. The number of anilines is 1. The molecule has 0 atom stereocenters. The van der Waals surface area contributed by atoms with Gasteiger partial charge in [0.25, 0.3) is 0 Å². The largest absolute Gasteiger partial charge is 0.461 e. The summed E-state index contributed by atoms with van der Waals surface area (Å²) in [7, 11) is 0. The summed E-state index contributed by atoms with van der Waals surface area (Å²) in [5.41, 5.74) is 5.04. The number of pyridine rings is 2. The van der Waals surface area contributed by atoms with Crippen LogP contribution in [0.3, 0.4) is 0 Å². The number of ether oxygens (including phenoxy) is 2. The van der Waals surface area contributed by atoms with Crippen molar-refractivity contribution in [1.82, 2.24) is 9.97 Å². The van der Waals surface area contributed by atoms with Gasteiger partial charge in [0.1, 0.15) is 24.6 Å². The highest BCUT2D eigenvalue weighted by atomic mass is 35.6. The van der Waals surface area contributed by atoms with Gasteiger partial charge in [-0.1, -0.05) is 149 Å². The van der Waals surface area contributed by atoms with Gasteiger partial charge in [-0.05, 0) is 59.1 Å². The quantitative estimate of drug-likeness (QED) is 0.0730. The van der Waals surface area contributed by atoms with Crippen molar-refractivity contribution < 1.29 is 54.2 Å². The molecule has 0 amide bonds. The molecule has 22 heteroatoms. The Labute approximate surface area is 406 Å². The number of aromatic nitrogens is 2. The van der Waals surface area contributed by atoms with Crippen LogP contribution in [0.5, 0.6) is 0 Å². The van der Waals surface area contributed by atoms with E-state index in [1.807, 2.05) is 13.8 Å². The Balaban J connectivity index is 0.000000386. The van der Waals surface area contributed by atoms with E-state index < -0.39 is 66.6 Å². The van der Waals surface area contributed by atoms with E-state index in [0.717, 1.165) is 24.3 Å². The van der Waals surface area contributed by atoms with Crippen LogP contribution in [0, 0.1) is 11.6 Å². The zero-order valence-electron chi connectivity index (χ0n) is 35.8. The standard InChI is InChI=1S/C22H22Cl3F4NO2.C18H20F4N2.C3H2Cl4O2/c1-11(2)17-15(9-16(31)32-10-21(23,24)25)19(12(3)4)30-20(18(17)26)13-6-5-7-14(8-13)22(27,28)29;1-9(2)13-14(19)17(24-16(10(3)4)15(13)23)11-6-5-7-12(8-11)18(20,21)22;4-2(8)9-1-3(5,6)7/h5-8,11-12H,9-10H2,1-4H3;5-10H,23H2,1-4H3;1H2. The van der Waals surface area contributed by atoms with Crippen molar-refractivity contribution >= 4 is 98.3 Å². The van der Waals surface area contributed by atoms with Crippen LogP contribution < -0.4 is 5.73 Å². The van der Waals surface area contributed by atoms with Gasteiger partial charge in [0.15, 0.2) is 11.6 Å². The predicted octanol–water partition coefficient (Wildman–Crippen LogP) is 16.1. The van der Waals surface area contributed by atoms with Gasteiger partial charge in [-0.25, -0.2) is 23.5 Å². The lowest BCUT2D eigenvalue weighted by molar-refractivity contribution is -0.142. The molecular weight excluding hydrogens is 1020 g/mol. The van der Waals surface area contributed by atoms with Crippen molar-refractivity contribution in [2.24, 2.45) is 0 Å². The molecular formula is C43H44Cl7F8N3O4. The van der Waals surface area contributed by atoms with Crippen molar-refractivity contribution in [3.8, 4) is 22.5 Å². The van der Waals surface area contributed by atoms with Gasteiger partial charge in [0.05, 0.1) is 28.9 Å². The molecule has 2 heterocycles. The third kappa shape index (κ3) is 17.8. The van der Waals surface area contributed by atoms with E-state index in [1.54, 1.807) is 41.5 Å². The summed E-state index contributed by atoms with van der Waals surface area (Å²) in [5, 5.41) is 0. The van der Waals surface area contributed by atoms with Crippen LogP contribution >= 0.6 is 81.2 Å². The molecule has 4 rings (SSSR count). The number of hydrogen-bond donors (Lipinski definition) is 1. The molecule has 0 aliphatic heterocycles. The van der Waals surface area contributed by atoms with E-state index >= 15 is 4.39 Å². The van der Waals surface area contributed by atoms with Crippen LogP contribution in [-0.4, -0.2) is 42.2 Å². The van der Waals surface area contributed by atoms with Crippen LogP contribution in [0.15, 0.2) is 48.5 Å². The third-order valence-corrected chi connectivity index (χ3v) is 9.56. The van der Waals surface area contributed by atoms with Gasteiger partial charge in [-0.15, -0.1) is 0 Å². The average Bonchev–Trinajstić information content (AvgIpc) is 3.15. The molecule has 0 saturated heterocycles. The third-order valence-electron chi connectivity index (χ3n) is 8.80. The van der Waals surface area contributed by atoms with Crippen molar-refractivity contribution in [3.05, 3.63) is 99.4 Å². The molecule has 0 aliphatic carbocycles. The van der Waals surface area contributed by atoms with Crippen LogP contribution in [0.1, 0.15) is 118 Å². The second-order valence-corrected chi connectivity index (χ2v) is 20.7. The SMILES string of the molecule is CC(C)c1nc(-c2cccc(C(F)(F)F)c2)c(F)c(C(C)C)c1CC(=O)OCC(Cl)(Cl)Cl.CC(C)c1nc(-c2cccc(C(F)(F)F)c2)c(F)c(C(C)C)c1N.O=C(Cl)OCC(Cl)(Cl)Cl. The fourth-order valence-corrected chi connectivity index (χ4v) is 6.46. The molecule has 2 aromatic carbocycles. The molecule has 360 valence electrons. The molecule has 0 fully saturated rings. The van der Waals surface area contributed by atoms with Crippen LogP contribution in [0.2, 0.25) is 0 Å². The summed E-state index contributed by atoms with van der Waals surface area (Å²) in [6.07, 6.45) is -9.41. The summed E-state index contributed by atoms with van der Waals surface area (Å²) in [6.45, 7) is 13.5. The monoisotopic (exact) mass is 1060 g/mol. The molecule has 2 N–H and O–H groups in total. The zero-order chi connectivity index (χ0) is 50.2. The van der Waals surface area contributed by atoms with Gasteiger partial charge in [0.2, 0.25) is 7.59 Å². The molecule has 0 spiro atoms. The summed E-state index contributed by atoms with van der Waals surface area (Å²) < 4.78 is 115. The van der Waals surface area contributed by atoms with E-state index in [0.29, 0.717) is 22.5 Å². The highest BCUT2D eigenvalue weighted by Crippen LogP contribution is 2.40. The molecule has 0 aliphatic rings. The van der Waals surface area contributed by atoms with E-state index in [4.69, 9.17) is 91.7 Å². The fourth-order valence-electron chi connectivity index (χ4n) is 6.08. The van der Waals surface area contributed by atoms with Gasteiger partial charge in [-0.3, -0.25) is 4.79 Å². The molecule has 4 aromatic rings. The number of hydrogen-bond acceptors (Lipinski definition) is 7. The Morgan fingerprint density at radius 3 is 1.34 bits per heavy atom. The smallest absolute Gasteiger partial charge is 0.416 e. The molecule has 2 aromatic heterocycles. The second kappa shape index (κ2) is 23.8. The molecule has 0 bridgehead atoms. The summed E-state index contributed by atoms with van der Waals surface area (Å²) in [4.78, 5) is 30.8. The number of benzene rings is 2. The topological polar surface area (TPSA) is 104 Å². The zero-order valence-corrected chi connectivity index (χ0v) is 41.1. The minimum atomic E-state index is -4.58. The normalized spacial score (nSPS) is 12.2. The Morgan fingerprint density at radius 1 is 0.615 bits per heavy atom. The first kappa shape index (κ1) is 58.1. The molecule has 0 radical (unpaired) electrons. The first-order chi connectivity index (χ1) is 29.6. The lowest BCUT2D eigenvalue weighted by Crippen LogP contribution is -2.21. The number of rotatable bonds is 10. The number of carbonyl (C=O) groups is 2. The van der Waals surface area contributed by atoms with E-state index in [2.05, 4.69) is 14.7 Å². The predicted molar refractivity (Wildman–Crippen MR) is 242 cm³/mol. The summed E-state index contributed by atoms with van der Waals surface area (Å²) in [5.74, 6) is -3.13. The fraction of sp³-hybridized carbons (Fsp3) is 0.442. The first-order valence-electron chi connectivity index (χ1n) is 19.2.